The molecule has 2 aliphatic rings. The summed E-state index contributed by atoms with van der Waals surface area (Å²) >= 11 is 0. The summed E-state index contributed by atoms with van der Waals surface area (Å²) in [4.78, 5) is 69.1. The predicted molar refractivity (Wildman–Crippen MR) is 214 cm³/mol. The third-order valence-corrected chi connectivity index (χ3v) is 10.2. The van der Waals surface area contributed by atoms with Crippen molar-refractivity contribution in [2.45, 2.75) is 106 Å². The van der Waals surface area contributed by atoms with Gasteiger partial charge in [-0.25, -0.2) is 0 Å². The number of unbranched alkanes of at least 4 members (excludes halogenated alkanes) is 4. The Morgan fingerprint density at radius 2 is 0.833 bits per heavy atom. The van der Waals surface area contributed by atoms with Gasteiger partial charge >= 0.3 is 0 Å². The van der Waals surface area contributed by atoms with Crippen LogP contribution < -0.4 is 18.9 Å². The second kappa shape index (κ2) is 18.0. The molecule has 0 heterocycles. The first-order valence-electron chi connectivity index (χ1n) is 19.0. The molecule has 2 aromatic rings. The van der Waals surface area contributed by atoms with Crippen LogP contribution in [0.5, 0.6) is 23.0 Å². The van der Waals surface area contributed by atoms with Gasteiger partial charge in [0.25, 0.3) is 0 Å². The van der Waals surface area contributed by atoms with Crippen LogP contribution in [0.2, 0.25) is 0 Å². The molecule has 0 bridgehead atoms. The van der Waals surface area contributed by atoms with E-state index in [0.29, 0.717) is 35.7 Å². The van der Waals surface area contributed by atoms with Crippen molar-refractivity contribution in [1.29, 1.82) is 0 Å². The van der Waals surface area contributed by atoms with Gasteiger partial charge in [-0.05, 0) is 38.5 Å². The molecule has 4 rings (SSSR count). The number of hydrogen-bond donors (Lipinski definition) is 0. The largest absolute Gasteiger partial charge is 0.493 e. The number of aliphatic imine (C=N–C) groups is 2. The van der Waals surface area contributed by atoms with Crippen molar-refractivity contribution < 1.29 is 38.1 Å². The number of Topliss-reactive ketones (excluding diaryl/α,β-unsaturated/α-hetero) is 4. The molecule has 0 aliphatic heterocycles. The third kappa shape index (κ3) is 7.31. The Morgan fingerprint density at radius 3 is 1.11 bits per heavy atom. The van der Waals surface area contributed by atoms with Gasteiger partial charge in [0, 0.05) is 81.2 Å². The summed E-state index contributed by atoms with van der Waals surface area (Å²) in [5.74, 6) is -1.29. The molecule has 0 saturated carbocycles. The van der Waals surface area contributed by atoms with E-state index in [-0.39, 0.29) is 79.0 Å². The highest BCUT2D eigenvalue weighted by Gasteiger charge is 2.45. The Hall–Kier alpha value is -4.86. The molecule has 2 aliphatic carbocycles. The first kappa shape index (κ1) is 41.9. The Morgan fingerprint density at radius 1 is 0.500 bits per heavy atom. The van der Waals surface area contributed by atoms with E-state index in [9.17, 15) is 9.59 Å². The highest BCUT2D eigenvalue weighted by atomic mass is 16.5. The van der Waals surface area contributed by atoms with Crippen LogP contribution >= 0.6 is 0 Å². The molecule has 2 aromatic carbocycles. The summed E-state index contributed by atoms with van der Waals surface area (Å²) in [6.45, 7) is 15.9. The minimum atomic E-state index is -0.571. The van der Waals surface area contributed by atoms with Crippen molar-refractivity contribution in [1.82, 2.24) is 0 Å². The van der Waals surface area contributed by atoms with Crippen LogP contribution in [0.1, 0.15) is 169 Å². The molecule has 54 heavy (non-hydrogen) atoms. The molecular weight excluding hydrogens is 684 g/mol. The summed E-state index contributed by atoms with van der Waals surface area (Å²) in [7, 11) is 5.95. The first-order chi connectivity index (χ1) is 25.8. The lowest BCUT2D eigenvalue weighted by molar-refractivity contribution is 0.0951. The zero-order valence-corrected chi connectivity index (χ0v) is 34.1. The number of carbonyl (C=O) groups is 4. The molecule has 0 atom stereocenters. The van der Waals surface area contributed by atoms with Gasteiger partial charge in [0.05, 0.1) is 39.6 Å². The lowest BCUT2D eigenvalue weighted by Crippen LogP contribution is -2.32. The van der Waals surface area contributed by atoms with Crippen molar-refractivity contribution >= 4 is 35.6 Å². The minimum Gasteiger partial charge on any atom is -0.493 e. The van der Waals surface area contributed by atoms with Crippen LogP contribution in [0.25, 0.3) is 0 Å². The van der Waals surface area contributed by atoms with E-state index < -0.39 is 23.1 Å². The third-order valence-electron chi connectivity index (χ3n) is 10.2. The van der Waals surface area contributed by atoms with E-state index in [2.05, 4.69) is 23.8 Å². The van der Waals surface area contributed by atoms with Crippen molar-refractivity contribution in [2.75, 3.05) is 41.5 Å². The number of methoxy groups -OCH3 is 4. The van der Waals surface area contributed by atoms with Crippen molar-refractivity contribution in [3.63, 3.8) is 0 Å². The van der Waals surface area contributed by atoms with Gasteiger partial charge < -0.3 is 18.9 Å². The molecule has 10 heteroatoms. The fourth-order valence-electron chi connectivity index (χ4n) is 7.60. The van der Waals surface area contributed by atoms with Crippen molar-refractivity contribution in [3.8, 4) is 23.0 Å². The van der Waals surface area contributed by atoms with E-state index in [0.717, 1.165) is 38.5 Å². The predicted octanol–water partition coefficient (Wildman–Crippen LogP) is 9.28. The minimum absolute atomic E-state index is 0.0609. The van der Waals surface area contributed by atoms with Crippen LogP contribution in [0.3, 0.4) is 0 Å². The number of allylic oxidation sites excluding steroid dienone is 4. The van der Waals surface area contributed by atoms with Gasteiger partial charge in [0.15, 0.2) is 46.1 Å². The SMILES string of the molecule is CCCCCN=Cc1c(OC)c(OC)c(C(C)C)c2c1C(=O)C(C1=C(C)C(=O)c3c(c(C=NCCCCC)c(OC)c(OC)c3C(C)C)C1=O)=C(C)C2=O. The summed E-state index contributed by atoms with van der Waals surface area (Å²) in [6.07, 6.45) is 8.80. The number of carbonyl (C=O) groups excluding carboxylic acids is 4. The number of nitrogens with zero attached hydrogens (tertiary/aromatic N) is 2. The molecule has 0 radical (unpaired) electrons. The molecule has 0 fully saturated rings. The summed E-state index contributed by atoms with van der Waals surface area (Å²) in [6, 6.07) is 0. The topological polar surface area (TPSA) is 130 Å². The average Bonchev–Trinajstić information content (AvgIpc) is 3.15. The average molecular weight is 741 g/mol. The summed E-state index contributed by atoms with van der Waals surface area (Å²) in [5.41, 5.74) is 2.00. The monoisotopic (exact) mass is 740 g/mol. The van der Waals surface area contributed by atoms with Gasteiger partial charge in [-0.3, -0.25) is 29.2 Å². The molecular formula is C44H56N2O8. The molecule has 0 aromatic heterocycles. The highest BCUT2D eigenvalue weighted by Crippen LogP contribution is 2.50. The van der Waals surface area contributed by atoms with Crippen molar-refractivity contribution in [3.05, 3.63) is 66.8 Å². The summed E-state index contributed by atoms with van der Waals surface area (Å²) < 4.78 is 23.5. The lowest BCUT2D eigenvalue weighted by atomic mass is 9.70. The van der Waals surface area contributed by atoms with Gasteiger partial charge in [0.1, 0.15) is 0 Å². The molecule has 0 amide bonds. The fourth-order valence-corrected chi connectivity index (χ4v) is 7.60. The number of benzene rings is 2. The van der Waals surface area contributed by atoms with Crippen LogP contribution in [0.15, 0.2) is 32.3 Å². The molecule has 10 nitrogen and oxygen atoms in total. The molecule has 290 valence electrons. The molecule has 0 N–H and O–H groups in total. The van der Waals surface area contributed by atoms with E-state index in [1.165, 1.54) is 42.3 Å². The zero-order valence-electron chi connectivity index (χ0n) is 34.1. The van der Waals surface area contributed by atoms with E-state index >= 15 is 9.59 Å². The van der Waals surface area contributed by atoms with E-state index in [1.54, 1.807) is 12.4 Å². The fraction of sp³-hybridized carbons (Fsp3) is 0.500. The van der Waals surface area contributed by atoms with E-state index in [1.807, 2.05) is 27.7 Å². The first-order valence-corrected chi connectivity index (χ1v) is 19.0. The second-order valence-corrected chi connectivity index (χ2v) is 14.4. The second-order valence-electron chi connectivity index (χ2n) is 14.4. The number of rotatable bonds is 17. The highest BCUT2D eigenvalue weighted by molar-refractivity contribution is 6.39. The number of fused-ring (bicyclic) bond motifs is 2. The molecule has 0 unspecified atom stereocenters. The normalized spacial score (nSPS) is 14.7. The maximum atomic E-state index is 15.2. The number of ether oxygens (including phenoxy) is 4. The van der Waals surface area contributed by atoms with Crippen molar-refractivity contribution in [2.24, 2.45) is 9.98 Å². The Balaban J connectivity index is 2.10. The van der Waals surface area contributed by atoms with Crippen LogP contribution in [0.4, 0.5) is 0 Å². The number of ketones is 4. The van der Waals surface area contributed by atoms with Gasteiger partial charge in [-0.15, -0.1) is 0 Å². The van der Waals surface area contributed by atoms with Crippen LogP contribution in [0, 0.1) is 0 Å². The van der Waals surface area contributed by atoms with E-state index in [4.69, 9.17) is 18.9 Å². The maximum absolute atomic E-state index is 15.2. The standard InChI is InChI=1S/C44H56N2O8/c1-13-15-17-19-45-21-27-33-35(29(23(3)4)43(53-11)41(27)51-9)37(47)25(7)31(39(33)49)32-26(8)38(48)36-30(24(5)6)44(54-12)42(52-10)28(34(36)40(32)50)22-46-20-18-16-14-2/h21-24H,13-20H2,1-12H3. The summed E-state index contributed by atoms with van der Waals surface area (Å²) in [5, 5.41) is 0. The Labute approximate surface area is 320 Å². The smallest absolute Gasteiger partial charge is 0.195 e. The quantitative estimate of drug-likeness (QED) is 0.116. The maximum Gasteiger partial charge on any atom is 0.195 e. The Kier molecular flexibility index (Phi) is 13.9. The van der Waals surface area contributed by atoms with Crippen LogP contribution in [-0.4, -0.2) is 77.1 Å². The lowest BCUT2D eigenvalue weighted by Gasteiger charge is -2.31. The van der Waals surface area contributed by atoms with Gasteiger partial charge in [0.2, 0.25) is 0 Å². The molecule has 0 saturated heterocycles. The van der Waals surface area contributed by atoms with Crippen LogP contribution in [-0.2, 0) is 0 Å². The Bertz CT molecular complexity index is 1830. The van der Waals surface area contributed by atoms with Gasteiger partial charge in [-0.1, -0.05) is 67.2 Å². The number of hydrogen-bond acceptors (Lipinski definition) is 10. The van der Waals surface area contributed by atoms with Gasteiger partial charge in [-0.2, -0.15) is 0 Å². The zero-order chi connectivity index (χ0) is 40.0. The molecule has 0 spiro atoms.